The maximum Gasteiger partial charge on any atom is 0.416 e. The Hall–Kier alpha value is -2.41. The number of carbonyl (C=O) groups is 1. The van der Waals surface area contributed by atoms with Crippen molar-refractivity contribution >= 4 is 23.2 Å². The second kappa shape index (κ2) is 7.65. The first-order valence-electron chi connectivity index (χ1n) is 7.12. The first-order chi connectivity index (χ1) is 11.7. The van der Waals surface area contributed by atoms with Gasteiger partial charge in [-0.05, 0) is 24.3 Å². The lowest BCUT2D eigenvalue weighted by Gasteiger charge is -2.13. The smallest absolute Gasteiger partial charge is 0.416 e. The van der Waals surface area contributed by atoms with Gasteiger partial charge in [-0.15, -0.1) is 0 Å². The van der Waals surface area contributed by atoms with E-state index in [0.29, 0.717) is 17.1 Å². The van der Waals surface area contributed by atoms with E-state index in [-0.39, 0.29) is 17.1 Å². The number of anilines is 1. The molecule has 0 heterocycles. The van der Waals surface area contributed by atoms with Gasteiger partial charge < -0.3 is 14.8 Å². The lowest BCUT2D eigenvalue weighted by Crippen LogP contribution is -2.16. The predicted molar refractivity (Wildman–Crippen MR) is 88.3 cm³/mol. The van der Waals surface area contributed by atoms with Crippen molar-refractivity contribution in [3.8, 4) is 11.5 Å². The van der Waals surface area contributed by atoms with Crippen molar-refractivity contribution in [2.24, 2.45) is 0 Å². The van der Waals surface area contributed by atoms with Crippen molar-refractivity contribution in [1.82, 2.24) is 0 Å². The Balaban J connectivity index is 2.18. The molecule has 0 fully saturated rings. The molecular weight excluding hydrogens is 359 g/mol. The maximum atomic E-state index is 12.8. The average molecular weight is 374 g/mol. The molecule has 1 amide bonds. The van der Waals surface area contributed by atoms with E-state index in [4.69, 9.17) is 21.1 Å². The molecule has 0 bridgehead atoms. The number of methoxy groups -OCH3 is 2. The third kappa shape index (κ3) is 4.79. The van der Waals surface area contributed by atoms with E-state index in [1.54, 1.807) is 18.2 Å². The fourth-order valence-corrected chi connectivity index (χ4v) is 2.33. The third-order valence-electron chi connectivity index (χ3n) is 3.41. The summed E-state index contributed by atoms with van der Waals surface area (Å²) < 4.78 is 48.6. The second-order valence-corrected chi connectivity index (χ2v) is 5.50. The molecule has 0 aromatic heterocycles. The minimum atomic E-state index is -4.52. The van der Waals surface area contributed by atoms with E-state index >= 15 is 0 Å². The first-order valence-corrected chi connectivity index (χ1v) is 7.50. The molecule has 0 aliphatic rings. The number of carbonyl (C=O) groups excluding carboxylic acids is 1. The number of benzene rings is 2. The fraction of sp³-hybridized carbons (Fsp3) is 0.235. The van der Waals surface area contributed by atoms with E-state index in [0.717, 1.165) is 18.2 Å². The number of rotatable bonds is 5. The molecule has 1 N–H and O–H groups in total. The van der Waals surface area contributed by atoms with Crippen LogP contribution in [0.15, 0.2) is 36.4 Å². The highest BCUT2D eigenvalue weighted by Gasteiger charge is 2.31. The molecule has 0 saturated carbocycles. The summed E-state index contributed by atoms with van der Waals surface area (Å²) in [6, 6.07) is 7.65. The lowest BCUT2D eigenvalue weighted by molar-refractivity contribution is -0.137. The summed E-state index contributed by atoms with van der Waals surface area (Å²) >= 11 is 5.87. The van der Waals surface area contributed by atoms with Crippen LogP contribution in [0.4, 0.5) is 18.9 Å². The van der Waals surface area contributed by atoms with Gasteiger partial charge >= 0.3 is 6.18 Å². The molecule has 25 heavy (non-hydrogen) atoms. The SMILES string of the molecule is COc1ccc(CC(=O)Nc2cc(C(F)(F)F)ccc2Cl)c(OC)c1. The molecule has 0 atom stereocenters. The Morgan fingerprint density at radius 1 is 1.12 bits per heavy atom. The van der Waals surface area contributed by atoms with Crippen LogP contribution in [0.5, 0.6) is 11.5 Å². The Morgan fingerprint density at radius 2 is 1.84 bits per heavy atom. The van der Waals surface area contributed by atoms with Gasteiger partial charge in [-0.25, -0.2) is 0 Å². The summed E-state index contributed by atoms with van der Waals surface area (Å²) in [4.78, 5) is 12.2. The number of amides is 1. The fourth-order valence-electron chi connectivity index (χ4n) is 2.16. The minimum Gasteiger partial charge on any atom is -0.497 e. The van der Waals surface area contributed by atoms with E-state index in [1.165, 1.54) is 14.2 Å². The molecule has 2 aromatic rings. The van der Waals surface area contributed by atoms with Gasteiger partial charge in [-0.3, -0.25) is 4.79 Å². The molecule has 2 rings (SSSR count). The number of halogens is 4. The molecule has 0 saturated heterocycles. The number of hydrogen-bond acceptors (Lipinski definition) is 3. The van der Waals surface area contributed by atoms with Crippen LogP contribution in [0.2, 0.25) is 5.02 Å². The Morgan fingerprint density at radius 3 is 2.44 bits per heavy atom. The summed E-state index contributed by atoms with van der Waals surface area (Å²) in [5.41, 5.74) is -0.438. The highest BCUT2D eigenvalue weighted by atomic mass is 35.5. The van der Waals surface area contributed by atoms with Crippen molar-refractivity contribution in [2.75, 3.05) is 19.5 Å². The molecule has 4 nitrogen and oxygen atoms in total. The van der Waals surface area contributed by atoms with Gasteiger partial charge in [0.15, 0.2) is 0 Å². The predicted octanol–water partition coefficient (Wildman–Crippen LogP) is 4.56. The second-order valence-electron chi connectivity index (χ2n) is 5.10. The number of nitrogens with one attached hydrogen (secondary N) is 1. The highest BCUT2D eigenvalue weighted by Crippen LogP contribution is 2.34. The van der Waals surface area contributed by atoms with Gasteiger partial charge in [0.05, 0.1) is 36.9 Å². The molecule has 8 heteroatoms. The zero-order valence-corrected chi connectivity index (χ0v) is 14.2. The molecule has 0 radical (unpaired) electrons. The summed E-state index contributed by atoms with van der Waals surface area (Å²) in [6.45, 7) is 0. The zero-order valence-electron chi connectivity index (χ0n) is 13.4. The number of ether oxygens (including phenoxy) is 2. The Labute approximate surface area is 147 Å². The molecule has 0 spiro atoms. The highest BCUT2D eigenvalue weighted by molar-refractivity contribution is 6.33. The summed E-state index contributed by atoms with van der Waals surface area (Å²) in [6.07, 6.45) is -4.62. The van der Waals surface area contributed by atoms with Crippen molar-refractivity contribution in [3.63, 3.8) is 0 Å². The van der Waals surface area contributed by atoms with E-state index in [2.05, 4.69) is 5.32 Å². The van der Waals surface area contributed by atoms with E-state index in [1.807, 2.05) is 0 Å². The van der Waals surface area contributed by atoms with Gasteiger partial charge in [0.2, 0.25) is 5.91 Å². The summed E-state index contributed by atoms with van der Waals surface area (Å²) in [5, 5.41) is 2.41. The third-order valence-corrected chi connectivity index (χ3v) is 3.74. The Bertz CT molecular complexity index is 778. The van der Waals surface area contributed by atoms with Gasteiger partial charge in [0.1, 0.15) is 11.5 Å². The molecular formula is C17H15ClF3NO3. The number of hydrogen-bond donors (Lipinski definition) is 1. The van der Waals surface area contributed by atoms with Gasteiger partial charge in [-0.2, -0.15) is 13.2 Å². The van der Waals surface area contributed by atoms with Crippen molar-refractivity contribution in [2.45, 2.75) is 12.6 Å². The van der Waals surface area contributed by atoms with Crippen molar-refractivity contribution < 1.29 is 27.4 Å². The van der Waals surface area contributed by atoms with Crippen LogP contribution >= 0.6 is 11.6 Å². The Kier molecular flexibility index (Phi) is 5.79. The maximum absolute atomic E-state index is 12.8. The lowest BCUT2D eigenvalue weighted by atomic mass is 10.1. The van der Waals surface area contributed by atoms with Gasteiger partial charge in [0, 0.05) is 11.6 Å². The summed E-state index contributed by atoms with van der Waals surface area (Å²) in [5.74, 6) is 0.469. The first kappa shape index (κ1) is 18.9. The van der Waals surface area contributed by atoms with Crippen molar-refractivity contribution in [1.29, 1.82) is 0 Å². The van der Waals surface area contributed by atoms with Crippen LogP contribution in [-0.2, 0) is 17.4 Å². The average Bonchev–Trinajstić information content (AvgIpc) is 2.56. The molecule has 0 unspecified atom stereocenters. The van der Waals surface area contributed by atoms with Crippen LogP contribution in [0.3, 0.4) is 0 Å². The van der Waals surface area contributed by atoms with E-state index in [9.17, 15) is 18.0 Å². The monoisotopic (exact) mass is 373 g/mol. The van der Waals surface area contributed by atoms with Crippen molar-refractivity contribution in [3.05, 3.63) is 52.5 Å². The number of alkyl halides is 3. The topological polar surface area (TPSA) is 47.6 Å². The molecule has 2 aromatic carbocycles. The van der Waals surface area contributed by atoms with E-state index < -0.39 is 17.6 Å². The minimum absolute atomic E-state index is 0.0167. The standard InChI is InChI=1S/C17H15ClF3NO3/c1-24-12-5-3-10(15(9-12)25-2)7-16(23)22-14-8-11(17(19,20)21)4-6-13(14)18/h3-6,8-9H,7H2,1-2H3,(H,22,23). The van der Waals surface area contributed by atoms with Crippen LogP contribution in [0.1, 0.15) is 11.1 Å². The zero-order chi connectivity index (χ0) is 18.6. The van der Waals surface area contributed by atoms with Gasteiger partial charge in [-0.1, -0.05) is 17.7 Å². The molecule has 134 valence electrons. The van der Waals surface area contributed by atoms with Crippen LogP contribution in [-0.4, -0.2) is 20.1 Å². The summed E-state index contributed by atoms with van der Waals surface area (Å²) in [7, 11) is 2.94. The molecule has 0 aliphatic carbocycles. The van der Waals surface area contributed by atoms with Crippen LogP contribution < -0.4 is 14.8 Å². The quantitative estimate of drug-likeness (QED) is 0.836. The largest absolute Gasteiger partial charge is 0.497 e. The van der Waals surface area contributed by atoms with Crippen LogP contribution in [0, 0.1) is 0 Å². The molecule has 0 aliphatic heterocycles. The normalized spacial score (nSPS) is 11.1. The van der Waals surface area contributed by atoms with Crippen LogP contribution in [0.25, 0.3) is 0 Å². The van der Waals surface area contributed by atoms with Gasteiger partial charge in [0.25, 0.3) is 0 Å².